The van der Waals surface area contributed by atoms with E-state index in [2.05, 4.69) is 4.98 Å². The summed E-state index contributed by atoms with van der Waals surface area (Å²) in [6.45, 7) is 0. The van der Waals surface area contributed by atoms with E-state index in [9.17, 15) is 8.42 Å². The molecule has 3 rings (SSSR count). The maximum absolute atomic E-state index is 11.4. The van der Waals surface area contributed by atoms with Gasteiger partial charge < -0.3 is 0 Å². The maximum Gasteiger partial charge on any atom is 0.175 e. The lowest BCUT2D eigenvalue weighted by Gasteiger charge is -2.00. The van der Waals surface area contributed by atoms with Gasteiger partial charge in [0.2, 0.25) is 0 Å². The van der Waals surface area contributed by atoms with Crippen LogP contribution in [-0.4, -0.2) is 19.7 Å². The standard InChI is InChI=1S/C13H13NO2S2/c1-18(15,16)11-6-4-9(5-7-11)12-8-17-13(14-12)10-2-3-10/h4-8,10H,2-3H2,1H3. The minimum atomic E-state index is -3.12. The van der Waals surface area contributed by atoms with Crippen molar-refractivity contribution in [2.75, 3.05) is 6.26 Å². The summed E-state index contributed by atoms with van der Waals surface area (Å²) in [6, 6.07) is 6.92. The minimum absolute atomic E-state index is 0.351. The fourth-order valence-electron chi connectivity index (χ4n) is 1.81. The van der Waals surface area contributed by atoms with Gasteiger partial charge in [-0.25, -0.2) is 13.4 Å². The van der Waals surface area contributed by atoms with E-state index in [1.165, 1.54) is 24.1 Å². The summed E-state index contributed by atoms with van der Waals surface area (Å²) in [6.07, 6.45) is 3.72. The van der Waals surface area contributed by atoms with Gasteiger partial charge in [0.15, 0.2) is 9.84 Å². The van der Waals surface area contributed by atoms with Crippen LogP contribution < -0.4 is 0 Å². The van der Waals surface area contributed by atoms with Crippen molar-refractivity contribution in [3.8, 4) is 11.3 Å². The van der Waals surface area contributed by atoms with Gasteiger partial charge in [0, 0.05) is 23.1 Å². The lowest BCUT2D eigenvalue weighted by molar-refractivity contribution is 0.602. The first kappa shape index (κ1) is 11.9. The zero-order chi connectivity index (χ0) is 12.8. The van der Waals surface area contributed by atoms with E-state index < -0.39 is 9.84 Å². The Kier molecular flexibility index (Phi) is 2.75. The number of sulfone groups is 1. The summed E-state index contributed by atoms with van der Waals surface area (Å²) >= 11 is 1.70. The van der Waals surface area contributed by atoms with Crippen LogP contribution in [0.15, 0.2) is 34.5 Å². The van der Waals surface area contributed by atoms with Gasteiger partial charge in [-0.3, -0.25) is 0 Å². The molecule has 0 saturated heterocycles. The summed E-state index contributed by atoms with van der Waals surface area (Å²) < 4.78 is 22.7. The summed E-state index contributed by atoms with van der Waals surface area (Å²) in [5, 5.41) is 3.25. The van der Waals surface area contributed by atoms with Crippen LogP contribution in [0.5, 0.6) is 0 Å². The average molecular weight is 279 g/mol. The number of aromatic nitrogens is 1. The van der Waals surface area contributed by atoms with Crippen LogP contribution in [0.1, 0.15) is 23.8 Å². The Bertz CT molecular complexity index is 667. The molecule has 1 aromatic carbocycles. The zero-order valence-electron chi connectivity index (χ0n) is 9.96. The minimum Gasteiger partial charge on any atom is -0.241 e. The lowest BCUT2D eigenvalue weighted by Crippen LogP contribution is -1.96. The molecule has 0 radical (unpaired) electrons. The SMILES string of the molecule is CS(=O)(=O)c1ccc(-c2csc(C3CC3)n2)cc1. The summed E-state index contributed by atoms with van der Waals surface area (Å²) in [4.78, 5) is 4.95. The smallest absolute Gasteiger partial charge is 0.175 e. The molecule has 1 saturated carbocycles. The van der Waals surface area contributed by atoms with Gasteiger partial charge in [-0.1, -0.05) is 12.1 Å². The molecule has 94 valence electrons. The second-order valence-corrected chi connectivity index (χ2v) is 7.55. The van der Waals surface area contributed by atoms with Gasteiger partial charge in [-0.05, 0) is 25.0 Å². The van der Waals surface area contributed by atoms with E-state index in [1.807, 2.05) is 17.5 Å². The molecular formula is C13H13NO2S2. The molecule has 0 spiro atoms. The molecule has 0 unspecified atom stereocenters. The predicted molar refractivity (Wildman–Crippen MR) is 72.6 cm³/mol. The quantitative estimate of drug-likeness (QED) is 0.867. The molecule has 0 aliphatic heterocycles. The van der Waals surface area contributed by atoms with Crippen molar-refractivity contribution < 1.29 is 8.42 Å². The van der Waals surface area contributed by atoms with Crippen LogP contribution in [0, 0.1) is 0 Å². The Morgan fingerprint density at radius 3 is 2.44 bits per heavy atom. The molecule has 0 N–H and O–H groups in total. The van der Waals surface area contributed by atoms with Crippen LogP contribution in [0.3, 0.4) is 0 Å². The predicted octanol–water partition coefficient (Wildman–Crippen LogP) is 3.09. The Morgan fingerprint density at radius 1 is 1.22 bits per heavy atom. The average Bonchev–Trinajstić information content (AvgIpc) is 3.06. The second kappa shape index (κ2) is 4.17. The fraction of sp³-hybridized carbons (Fsp3) is 0.308. The van der Waals surface area contributed by atoms with Crippen molar-refractivity contribution in [3.63, 3.8) is 0 Å². The monoisotopic (exact) mass is 279 g/mol. The molecular weight excluding hydrogens is 266 g/mol. The van der Waals surface area contributed by atoms with Gasteiger partial charge in [0.25, 0.3) is 0 Å². The summed E-state index contributed by atoms with van der Waals surface area (Å²) in [5.41, 5.74) is 1.92. The number of thiazole rings is 1. The van der Waals surface area contributed by atoms with Crippen LogP contribution >= 0.6 is 11.3 Å². The van der Waals surface area contributed by atoms with Crippen LogP contribution in [0.4, 0.5) is 0 Å². The Balaban J connectivity index is 1.91. The Morgan fingerprint density at radius 2 is 1.89 bits per heavy atom. The van der Waals surface area contributed by atoms with E-state index >= 15 is 0 Å². The highest BCUT2D eigenvalue weighted by Gasteiger charge is 2.26. The third kappa shape index (κ3) is 2.33. The van der Waals surface area contributed by atoms with Crippen molar-refractivity contribution >= 4 is 21.2 Å². The number of benzene rings is 1. The van der Waals surface area contributed by atoms with Gasteiger partial charge >= 0.3 is 0 Å². The van der Waals surface area contributed by atoms with E-state index in [0.717, 1.165) is 11.3 Å². The molecule has 2 aromatic rings. The van der Waals surface area contributed by atoms with Crippen molar-refractivity contribution in [2.45, 2.75) is 23.7 Å². The highest BCUT2D eigenvalue weighted by atomic mass is 32.2. The van der Waals surface area contributed by atoms with Gasteiger partial charge in [0.1, 0.15) is 0 Å². The van der Waals surface area contributed by atoms with Crippen LogP contribution in [-0.2, 0) is 9.84 Å². The Hall–Kier alpha value is -1.20. The molecule has 1 aromatic heterocycles. The number of rotatable bonds is 3. The molecule has 5 heteroatoms. The first-order valence-corrected chi connectivity index (χ1v) is 8.57. The van der Waals surface area contributed by atoms with Gasteiger partial charge in [-0.15, -0.1) is 11.3 Å². The zero-order valence-corrected chi connectivity index (χ0v) is 11.6. The van der Waals surface area contributed by atoms with E-state index in [-0.39, 0.29) is 0 Å². The third-order valence-corrected chi connectivity index (χ3v) is 5.16. The van der Waals surface area contributed by atoms with Crippen molar-refractivity contribution in [1.29, 1.82) is 0 Å². The van der Waals surface area contributed by atoms with Crippen molar-refractivity contribution in [1.82, 2.24) is 4.98 Å². The lowest BCUT2D eigenvalue weighted by atomic mass is 10.2. The molecule has 1 fully saturated rings. The molecule has 0 atom stereocenters. The Labute approximate surface area is 110 Å². The molecule has 1 aliphatic carbocycles. The molecule has 1 heterocycles. The van der Waals surface area contributed by atoms with Crippen molar-refractivity contribution in [2.24, 2.45) is 0 Å². The van der Waals surface area contributed by atoms with Crippen LogP contribution in [0.2, 0.25) is 0 Å². The third-order valence-electron chi connectivity index (χ3n) is 3.03. The first-order chi connectivity index (χ1) is 8.54. The molecule has 1 aliphatic rings. The maximum atomic E-state index is 11.4. The van der Waals surface area contributed by atoms with Crippen molar-refractivity contribution in [3.05, 3.63) is 34.7 Å². The molecule has 0 amide bonds. The second-order valence-electron chi connectivity index (χ2n) is 4.64. The number of nitrogens with zero attached hydrogens (tertiary/aromatic N) is 1. The van der Waals surface area contributed by atoms with Gasteiger partial charge in [-0.2, -0.15) is 0 Å². The summed E-state index contributed by atoms with van der Waals surface area (Å²) in [7, 11) is -3.12. The largest absolute Gasteiger partial charge is 0.241 e. The van der Waals surface area contributed by atoms with E-state index in [1.54, 1.807) is 23.5 Å². The number of hydrogen-bond donors (Lipinski definition) is 0. The van der Waals surface area contributed by atoms with E-state index in [0.29, 0.717) is 10.8 Å². The topological polar surface area (TPSA) is 47.0 Å². The first-order valence-electron chi connectivity index (χ1n) is 5.80. The van der Waals surface area contributed by atoms with Gasteiger partial charge in [0.05, 0.1) is 15.6 Å². The molecule has 0 bridgehead atoms. The molecule has 3 nitrogen and oxygen atoms in total. The van der Waals surface area contributed by atoms with Crippen LogP contribution in [0.25, 0.3) is 11.3 Å². The van der Waals surface area contributed by atoms with E-state index in [4.69, 9.17) is 0 Å². The normalized spacial score (nSPS) is 15.8. The highest BCUT2D eigenvalue weighted by molar-refractivity contribution is 7.90. The highest BCUT2D eigenvalue weighted by Crippen LogP contribution is 2.42. The molecule has 18 heavy (non-hydrogen) atoms. The number of hydrogen-bond acceptors (Lipinski definition) is 4. The summed E-state index contributed by atoms with van der Waals surface area (Å²) in [5.74, 6) is 0.666. The fourth-order valence-corrected chi connectivity index (χ4v) is 3.44.